The lowest BCUT2D eigenvalue weighted by atomic mass is 9.82. The molecule has 0 unspecified atom stereocenters. The number of nitrogens with zero attached hydrogens (tertiary/aromatic N) is 4. The Kier molecular flexibility index (Phi) is 7.94. The van der Waals surface area contributed by atoms with Crippen LogP contribution in [0.25, 0.3) is 66.5 Å². The van der Waals surface area contributed by atoms with Crippen LogP contribution in [-0.4, -0.2) is 31.8 Å². The van der Waals surface area contributed by atoms with E-state index in [2.05, 4.69) is 122 Å². The number of aryl methyl sites for hydroxylation is 3. The fourth-order valence-corrected chi connectivity index (χ4v) is 8.85. The highest BCUT2D eigenvalue weighted by Crippen LogP contribution is 2.43. The van der Waals surface area contributed by atoms with Gasteiger partial charge in [0.05, 0.1) is 5.56 Å². The predicted octanol–water partition coefficient (Wildman–Crippen LogP) is 10.1. The smallest absolute Gasteiger partial charge is 0.216 e. The highest BCUT2D eigenvalue weighted by molar-refractivity contribution is 6.87. The highest BCUT2D eigenvalue weighted by atomic mass is 28.3. The number of pyridine rings is 1. The van der Waals surface area contributed by atoms with Gasteiger partial charge in [-0.2, -0.15) is 0 Å². The van der Waals surface area contributed by atoms with Crippen LogP contribution < -0.4 is 15.5 Å². The van der Waals surface area contributed by atoms with Crippen LogP contribution in [0.3, 0.4) is 0 Å². The molecule has 3 heterocycles. The van der Waals surface area contributed by atoms with Crippen molar-refractivity contribution in [1.82, 2.24) is 15.0 Å². The molecular weight excluding hydrogens is 657 g/mol. The molecule has 0 fully saturated rings. The summed E-state index contributed by atoms with van der Waals surface area (Å²) in [7, 11) is -0.846. The first-order chi connectivity index (χ1) is 25.3. The number of aromatic nitrogens is 4. The van der Waals surface area contributed by atoms with Gasteiger partial charge in [0.25, 0.3) is 0 Å². The first-order valence-electron chi connectivity index (χ1n) is 19.5. The van der Waals surface area contributed by atoms with E-state index in [1.54, 1.807) is 6.20 Å². The van der Waals surface area contributed by atoms with Crippen molar-refractivity contribution in [3.8, 4) is 33.8 Å². The van der Waals surface area contributed by atoms with E-state index in [1.165, 1.54) is 0 Å². The largest absolute Gasteiger partial charge is 0.454 e. The number of furan rings is 1. The number of rotatable bonds is 7. The summed E-state index contributed by atoms with van der Waals surface area (Å²) >= 11 is 0. The van der Waals surface area contributed by atoms with Gasteiger partial charge in [0.15, 0.2) is 12.0 Å². The van der Waals surface area contributed by atoms with Crippen molar-refractivity contribution in [1.29, 1.82) is 0 Å². The van der Waals surface area contributed by atoms with Crippen LogP contribution in [0.15, 0.2) is 77.3 Å². The summed E-state index contributed by atoms with van der Waals surface area (Å²) in [6.45, 7) is 19.7. The lowest BCUT2D eigenvalue weighted by molar-refractivity contribution is -0.660. The third kappa shape index (κ3) is 6.14. The molecule has 0 aliphatic heterocycles. The number of hydrogen-bond acceptors (Lipinski definition) is 4. The van der Waals surface area contributed by atoms with Crippen molar-refractivity contribution >= 4 is 60.5 Å². The third-order valence-corrected chi connectivity index (χ3v) is 12.7. The summed E-state index contributed by atoms with van der Waals surface area (Å²) in [5.41, 5.74) is 11.5. The molecular formula is C44H50N4OSi2+. The van der Waals surface area contributed by atoms with Gasteiger partial charge in [0.1, 0.15) is 46.0 Å². The predicted molar refractivity (Wildman–Crippen MR) is 220 cm³/mol. The number of fused-ring (bicyclic) bond motifs is 5. The van der Waals surface area contributed by atoms with Crippen molar-refractivity contribution < 1.29 is 13.1 Å². The molecule has 7 aromatic rings. The monoisotopic (exact) mass is 709 g/mol. The molecule has 259 valence electrons. The maximum Gasteiger partial charge on any atom is 0.216 e. The molecule has 1 radical (unpaired) electrons. The Balaban J connectivity index is 1.54. The van der Waals surface area contributed by atoms with E-state index in [4.69, 9.17) is 23.5 Å². The molecule has 7 heteroatoms. The minimum Gasteiger partial charge on any atom is -0.454 e. The van der Waals surface area contributed by atoms with Crippen LogP contribution >= 0.6 is 0 Å². The minimum atomic E-state index is -2.36. The van der Waals surface area contributed by atoms with E-state index in [0.717, 1.165) is 82.7 Å². The number of benzene rings is 4. The summed E-state index contributed by atoms with van der Waals surface area (Å²) in [6, 6.07) is 23.4. The average molecular weight is 710 g/mol. The molecule has 0 aliphatic rings. The van der Waals surface area contributed by atoms with Gasteiger partial charge in [-0.1, -0.05) is 103 Å². The fraction of sp³-hybridized carbons (Fsp3) is 0.318. The molecule has 0 bridgehead atoms. The molecule has 5 nitrogen and oxygen atoms in total. The number of hydrogen-bond donors (Lipinski definition) is 0. The summed E-state index contributed by atoms with van der Waals surface area (Å²) in [6.07, 6.45) is 1.81. The molecule has 0 N–H and O–H groups in total. The quantitative estimate of drug-likeness (QED) is 0.122. The molecule has 7 rings (SSSR count). The Hall–Kier alpha value is -4.47. The molecule has 0 saturated carbocycles. The van der Waals surface area contributed by atoms with E-state index in [1.807, 2.05) is 23.7 Å². The summed E-state index contributed by atoms with van der Waals surface area (Å²) in [5, 5.41) is 4.29. The second-order valence-electron chi connectivity index (χ2n) is 15.9. The second-order valence-corrected chi connectivity index (χ2v) is 23.3. The lowest BCUT2D eigenvalue weighted by Crippen LogP contribution is -2.48. The minimum absolute atomic E-state index is 0.0860. The highest BCUT2D eigenvalue weighted by Gasteiger charge is 2.28. The Morgan fingerprint density at radius 2 is 1.43 bits per heavy atom. The third-order valence-electron chi connectivity index (χ3n) is 9.99. The van der Waals surface area contributed by atoms with Crippen molar-refractivity contribution in [3.05, 3.63) is 95.2 Å². The zero-order chi connectivity index (χ0) is 39.0. The lowest BCUT2D eigenvalue weighted by Gasteiger charge is -2.23. The van der Waals surface area contributed by atoms with Crippen molar-refractivity contribution in [3.63, 3.8) is 0 Å². The summed E-state index contributed by atoms with van der Waals surface area (Å²) < 4.78 is 35.2. The van der Waals surface area contributed by atoms with Gasteiger partial charge >= 0.3 is 0 Å². The van der Waals surface area contributed by atoms with E-state index < -0.39 is 23.7 Å². The molecule has 0 spiro atoms. The van der Waals surface area contributed by atoms with Crippen molar-refractivity contribution in [2.75, 3.05) is 0 Å². The van der Waals surface area contributed by atoms with E-state index in [-0.39, 0.29) is 11.8 Å². The van der Waals surface area contributed by atoms with E-state index in [9.17, 15) is 0 Å². The molecule has 0 saturated heterocycles. The van der Waals surface area contributed by atoms with Crippen LogP contribution in [0.1, 0.15) is 65.9 Å². The average Bonchev–Trinajstić information content (AvgIpc) is 3.49. The fourth-order valence-electron chi connectivity index (χ4n) is 7.19. The van der Waals surface area contributed by atoms with Crippen LogP contribution in [0, 0.1) is 13.8 Å². The molecule has 4 aromatic carbocycles. The van der Waals surface area contributed by atoms with Crippen molar-refractivity contribution in [2.24, 2.45) is 7.05 Å². The zero-order valence-electron chi connectivity index (χ0n) is 34.8. The van der Waals surface area contributed by atoms with E-state index >= 15 is 0 Å². The van der Waals surface area contributed by atoms with Gasteiger partial charge in [-0.05, 0) is 77.0 Å². The van der Waals surface area contributed by atoms with Crippen LogP contribution in [0.2, 0.25) is 32.7 Å². The van der Waals surface area contributed by atoms with Crippen LogP contribution in [0.4, 0.5) is 0 Å². The Morgan fingerprint density at radius 3 is 2.08 bits per heavy atom. The van der Waals surface area contributed by atoms with Crippen molar-refractivity contribution in [2.45, 2.75) is 86.0 Å². The van der Waals surface area contributed by atoms with Gasteiger partial charge in [-0.3, -0.25) is 0 Å². The zero-order valence-corrected chi connectivity index (χ0v) is 33.8. The van der Waals surface area contributed by atoms with Crippen LogP contribution in [0.5, 0.6) is 0 Å². The van der Waals surface area contributed by atoms with Gasteiger partial charge in [-0.15, -0.1) is 0 Å². The molecule has 0 atom stereocenters. The van der Waals surface area contributed by atoms with E-state index in [0.29, 0.717) is 17.0 Å². The Labute approximate surface area is 309 Å². The van der Waals surface area contributed by atoms with Gasteiger partial charge in [0.2, 0.25) is 5.69 Å². The molecule has 51 heavy (non-hydrogen) atoms. The maximum atomic E-state index is 8.82. The van der Waals surface area contributed by atoms with Gasteiger partial charge in [0, 0.05) is 37.5 Å². The first kappa shape index (κ1) is 31.3. The maximum absolute atomic E-state index is 8.82. The van der Waals surface area contributed by atoms with Crippen LogP contribution in [-0.2, 0) is 7.05 Å². The Bertz CT molecular complexity index is 2570. The standard InChI is InChI=1S/C44H50N4OSi2/c1-25(2)34-21-30(42-45-43(50(8)9)47-44(46-42)51(10,11)12)22-35(26(3)4)39(34)36-23-37(48(7)24-28(36)6)38-27(5)17-19-33-32-20-18-29-15-13-14-16-31(29)40(32)49-41(33)38/h13-26H,1-12H3/q+1/i6D3. The second kappa shape index (κ2) is 12.9. The SMILES string of the molecule is [2H]C([2H])([2H])c1c[n+](C)c(-c2c(C)ccc3c2oc2c4ccccc4ccc32)cc1-c1c(C(C)C)cc(-c2nc([Si](C)C)nc([Si](C)(C)C)n2)cc1C(C)C. The summed E-state index contributed by atoms with van der Waals surface area (Å²) in [5.74, 6) is 0.876. The first-order valence-corrected chi connectivity index (χ1v) is 24.0. The summed E-state index contributed by atoms with van der Waals surface area (Å²) in [4.78, 5) is 15.1. The van der Waals surface area contributed by atoms with Gasteiger partial charge in [-0.25, -0.2) is 19.5 Å². The topological polar surface area (TPSA) is 55.7 Å². The molecule has 0 aliphatic carbocycles. The molecule has 0 amide bonds. The Morgan fingerprint density at radius 1 is 0.765 bits per heavy atom. The molecule has 3 aromatic heterocycles. The van der Waals surface area contributed by atoms with Gasteiger partial charge < -0.3 is 4.42 Å². The normalized spacial score (nSPS) is 13.6.